The van der Waals surface area contributed by atoms with Crippen molar-refractivity contribution >= 4 is 58.1 Å². The predicted molar refractivity (Wildman–Crippen MR) is 91.3 cm³/mol. The molecule has 22 heavy (non-hydrogen) atoms. The first-order chi connectivity index (χ1) is 10.6. The van der Waals surface area contributed by atoms with Gasteiger partial charge in [-0.15, -0.1) is 0 Å². The summed E-state index contributed by atoms with van der Waals surface area (Å²) in [6, 6.07) is 0. The van der Waals surface area contributed by atoms with Crippen molar-refractivity contribution in [2.45, 2.75) is 17.5 Å². The van der Waals surface area contributed by atoms with Gasteiger partial charge in [-0.05, 0) is 16.9 Å². The van der Waals surface area contributed by atoms with E-state index in [4.69, 9.17) is 39.5 Å². The molecule has 0 amide bonds. The van der Waals surface area contributed by atoms with Crippen LogP contribution in [0.2, 0.25) is 10.2 Å². The maximum atomic E-state index is 6.22. The summed E-state index contributed by atoms with van der Waals surface area (Å²) in [7, 11) is 0. The summed E-state index contributed by atoms with van der Waals surface area (Å²) in [5, 5.41) is 2.67. The van der Waals surface area contributed by atoms with Crippen LogP contribution < -0.4 is 0 Å². The standard InChI is InChI=1S/C12H11Cl3N4OS2/c13-9-10(22-17-11(9)14)8(5-18-2-1-16-6-18)20-7-19-3-4-21-12(19)15/h1-4,6,8,12H,5,7H2/t8-,12?/m0/s1. The van der Waals surface area contributed by atoms with Crippen LogP contribution in [0.5, 0.6) is 0 Å². The molecule has 0 saturated carbocycles. The highest BCUT2D eigenvalue weighted by molar-refractivity contribution is 8.04. The average Bonchev–Trinajstić information content (AvgIpc) is 3.21. The van der Waals surface area contributed by atoms with Crippen molar-refractivity contribution in [2.24, 2.45) is 0 Å². The molecule has 0 fully saturated rings. The van der Waals surface area contributed by atoms with Crippen LogP contribution in [0, 0.1) is 0 Å². The number of halogens is 3. The molecule has 118 valence electrons. The second kappa shape index (κ2) is 7.42. The van der Waals surface area contributed by atoms with Gasteiger partial charge in [0, 0.05) is 18.6 Å². The zero-order valence-electron chi connectivity index (χ0n) is 11.1. The summed E-state index contributed by atoms with van der Waals surface area (Å²) < 4.78 is 12.0. The molecule has 5 nitrogen and oxygen atoms in total. The fourth-order valence-corrected chi connectivity index (χ4v) is 4.10. The third-order valence-electron chi connectivity index (χ3n) is 2.98. The van der Waals surface area contributed by atoms with Crippen molar-refractivity contribution in [1.82, 2.24) is 18.8 Å². The van der Waals surface area contributed by atoms with Crippen LogP contribution in [0.3, 0.4) is 0 Å². The molecular weight excluding hydrogens is 387 g/mol. The number of imidazole rings is 1. The zero-order valence-corrected chi connectivity index (χ0v) is 15.0. The lowest BCUT2D eigenvalue weighted by Crippen LogP contribution is -2.25. The second-order valence-electron chi connectivity index (χ2n) is 4.42. The van der Waals surface area contributed by atoms with Crippen molar-refractivity contribution < 1.29 is 4.74 Å². The molecule has 2 aromatic rings. The third kappa shape index (κ3) is 3.72. The van der Waals surface area contributed by atoms with Crippen LogP contribution in [0.1, 0.15) is 11.0 Å². The highest BCUT2D eigenvalue weighted by Gasteiger charge is 2.24. The number of rotatable bonds is 6. The Morgan fingerprint density at radius 3 is 2.86 bits per heavy atom. The van der Waals surface area contributed by atoms with Gasteiger partial charge in [0.2, 0.25) is 0 Å². The van der Waals surface area contributed by atoms with Crippen molar-refractivity contribution in [3.63, 3.8) is 0 Å². The van der Waals surface area contributed by atoms with Crippen LogP contribution in [-0.4, -0.2) is 30.4 Å². The number of nitrogens with zero attached hydrogens (tertiary/aromatic N) is 4. The molecule has 2 atom stereocenters. The number of hydrogen-bond acceptors (Lipinski definition) is 6. The van der Waals surface area contributed by atoms with E-state index >= 15 is 0 Å². The summed E-state index contributed by atoms with van der Waals surface area (Å²) >= 11 is 21.1. The van der Waals surface area contributed by atoms with Gasteiger partial charge in [0.15, 0.2) is 9.99 Å². The number of ether oxygens (including phenoxy) is 1. The van der Waals surface area contributed by atoms with E-state index in [0.717, 1.165) is 4.88 Å². The fourth-order valence-electron chi connectivity index (χ4n) is 1.87. The summed E-state index contributed by atoms with van der Waals surface area (Å²) in [5.41, 5.74) is 0. The molecule has 0 spiro atoms. The Bertz CT molecular complexity index is 649. The Hall–Kier alpha value is -0.440. The molecular formula is C12H11Cl3N4OS2. The van der Waals surface area contributed by atoms with Crippen molar-refractivity contribution in [3.8, 4) is 0 Å². The molecule has 0 N–H and O–H groups in total. The molecule has 0 radical (unpaired) electrons. The Balaban J connectivity index is 1.74. The molecule has 3 heterocycles. The average molecular weight is 398 g/mol. The smallest absolute Gasteiger partial charge is 0.161 e. The monoisotopic (exact) mass is 396 g/mol. The van der Waals surface area contributed by atoms with Crippen LogP contribution in [0.25, 0.3) is 0 Å². The van der Waals surface area contributed by atoms with Crippen LogP contribution in [-0.2, 0) is 11.3 Å². The maximum Gasteiger partial charge on any atom is 0.161 e. The molecule has 10 heteroatoms. The van der Waals surface area contributed by atoms with Gasteiger partial charge in [-0.1, -0.05) is 46.6 Å². The van der Waals surface area contributed by atoms with E-state index in [1.807, 2.05) is 27.3 Å². The van der Waals surface area contributed by atoms with E-state index in [1.54, 1.807) is 12.5 Å². The molecule has 3 rings (SSSR count). The molecule has 0 bridgehead atoms. The summed E-state index contributed by atoms with van der Waals surface area (Å²) in [6.45, 7) is 0.915. The number of aromatic nitrogens is 3. The maximum absolute atomic E-state index is 6.22. The number of alkyl halides is 1. The zero-order chi connectivity index (χ0) is 15.5. The van der Waals surface area contributed by atoms with Gasteiger partial charge in [0.1, 0.15) is 12.8 Å². The van der Waals surface area contributed by atoms with Crippen molar-refractivity contribution in [1.29, 1.82) is 0 Å². The van der Waals surface area contributed by atoms with Gasteiger partial charge in [-0.3, -0.25) is 0 Å². The molecule has 1 aliphatic heterocycles. The first-order valence-corrected chi connectivity index (χ1v) is 9.16. The van der Waals surface area contributed by atoms with Gasteiger partial charge in [-0.2, -0.15) is 4.37 Å². The van der Waals surface area contributed by atoms with E-state index in [0.29, 0.717) is 23.5 Å². The normalized spacial score (nSPS) is 19.0. The van der Waals surface area contributed by atoms with Crippen molar-refractivity contribution in [2.75, 3.05) is 6.73 Å². The molecule has 0 saturated heterocycles. The minimum atomic E-state index is -0.283. The highest BCUT2D eigenvalue weighted by Crippen LogP contribution is 2.36. The first kappa shape index (κ1) is 16.4. The van der Waals surface area contributed by atoms with Crippen molar-refractivity contribution in [3.05, 3.63) is 45.4 Å². The Morgan fingerprint density at radius 2 is 2.27 bits per heavy atom. The Morgan fingerprint density at radius 1 is 1.41 bits per heavy atom. The number of hydrogen-bond donors (Lipinski definition) is 0. The van der Waals surface area contributed by atoms with Gasteiger partial charge in [0.25, 0.3) is 0 Å². The lowest BCUT2D eigenvalue weighted by atomic mass is 10.3. The largest absolute Gasteiger partial charge is 0.350 e. The van der Waals surface area contributed by atoms with E-state index < -0.39 is 0 Å². The summed E-state index contributed by atoms with van der Waals surface area (Å²) in [4.78, 5) is 6.56. The predicted octanol–water partition coefficient (Wildman–Crippen LogP) is 4.40. The van der Waals surface area contributed by atoms with Crippen LogP contribution in [0.4, 0.5) is 0 Å². The Kier molecular flexibility index (Phi) is 5.54. The van der Waals surface area contributed by atoms with Gasteiger partial charge >= 0.3 is 0 Å². The van der Waals surface area contributed by atoms with E-state index in [2.05, 4.69) is 9.36 Å². The fraction of sp³-hybridized carbons (Fsp3) is 0.333. The molecule has 1 unspecified atom stereocenters. The molecule has 1 aliphatic rings. The highest BCUT2D eigenvalue weighted by atomic mass is 35.5. The second-order valence-corrected chi connectivity index (χ2v) is 7.63. The quantitative estimate of drug-likeness (QED) is 0.534. The third-order valence-corrected chi connectivity index (χ3v) is 6.21. The Labute approximate surface area is 151 Å². The van der Waals surface area contributed by atoms with E-state index in [1.165, 1.54) is 23.3 Å². The minimum Gasteiger partial charge on any atom is -0.350 e. The van der Waals surface area contributed by atoms with E-state index in [9.17, 15) is 0 Å². The summed E-state index contributed by atoms with van der Waals surface area (Å²) in [6.07, 6.45) is 6.92. The lowest BCUT2D eigenvalue weighted by molar-refractivity contribution is -0.00911. The first-order valence-electron chi connectivity index (χ1n) is 6.25. The van der Waals surface area contributed by atoms with Gasteiger partial charge in [0.05, 0.1) is 22.8 Å². The van der Waals surface area contributed by atoms with E-state index in [-0.39, 0.29) is 10.9 Å². The van der Waals surface area contributed by atoms with Gasteiger partial charge < -0.3 is 14.2 Å². The molecule has 0 aliphatic carbocycles. The van der Waals surface area contributed by atoms with Crippen LogP contribution in [0.15, 0.2) is 30.3 Å². The lowest BCUT2D eigenvalue weighted by Gasteiger charge is -2.24. The minimum absolute atomic E-state index is 0.158. The number of thioether (sulfide) groups is 1. The molecule has 2 aromatic heterocycles. The van der Waals surface area contributed by atoms with Gasteiger partial charge in [-0.25, -0.2) is 4.98 Å². The topological polar surface area (TPSA) is 43.2 Å². The van der Waals surface area contributed by atoms with Crippen LogP contribution >= 0.6 is 58.1 Å². The summed E-state index contributed by atoms with van der Waals surface area (Å²) in [5.74, 6) is 0. The molecule has 0 aromatic carbocycles. The SMILES string of the molecule is Clc1nsc([C@H](Cn2ccnc2)OCN2C=CSC2Cl)c1Cl.